The van der Waals surface area contributed by atoms with Gasteiger partial charge in [0.1, 0.15) is 0 Å². The molecule has 0 aliphatic carbocycles. The van der Waals surface area contributed by atoms with Gasteiger partial charge in [0.05, 0.1) is 6.07 Å². The third-order valence-corrected chi connectivity index (χ3v) is 2.05. The highest BCUT2D eigenvalue weighted by molar-refractivity contribution is 4.98. The molecule has 0 spiro atoms. The Morgan fingerprint density at radius 3 is 3.00 bits per heavy atom. The van der Waals surface area contributed by atoms with Crippen LogP contribution in [0.25, 0.3) is 0 Å². The molecular weight excluding hydrogens is 136 g/mol. The third kappa shape index (κ3) is 2.26. The van der Waals surface area contributed by atoms with Crippen LogP contribution in [0.4, 0.5) is 0 Å². The maximum Gasteiger partial charge on any atom is 0.0635 e. The molecule has 1 heterocycles. The van der Waals surface area contributed by atoms with Crippen molar-refractivity contribution in [1.29, 1.82) is 5.26 Å². The first-order chi connectivity index (χ1) is 5.36. The molecule has 1 atom stereocenters. The molecular formula is C9H12N2. The number of hydrogen-bond donors (Lipinski definition) is 0. The van der Waals surface area contributed by atoms with E-state index in [4.69, 9.17) is 11.7 Å². The van der Waals surface area contributed by atoms with Gasteiger partial charge in [-0.3, -0.25) is 0 Å². The molecule has 0 radical (unpaired) electrons. The number of rotatable bonds is 2. The number of terminal acetylenes is 1. The molecule has 0 aromatic carbocycles. The smallest absolute Gasteiger partial charge is 0.0635 e. The van der Waals surface area contributed by atoms with Crippen molar-refractivity contribution in [2.24, 2.45) is 5.92 Å². The fraction of sp³-hybridized carbons (Fsp3) is 0.667. The van der Waals surface area contributed by atoms with Gasteiger partial charge in [0, 0.05) is 25.4 Å². The average molecular weight is 148 g/mol. The highest BCUT2D eigenvalue weighted by atomic mass is 15.1. The molecule has 1 fully saturated rings. The van der Waals surface area contributed by atoms with Crippen molar-refractivity contribution in [2.75, 3.05) is 19.6 Å². The Labute approximate surface area is 67.8 Å². The van der Waals surface area contributed by atoms with Crippen LogP contribution in [-0.2, 0) is 0 Å². The fourth-order valence-electron chi connectivity index (χ4n) is 1.38. The topological polar surface area (TPSA) is 27.0 Å². The molecule has 11 heavy (non-hydrogen) atoms. The highest BCUT2D eigenvalue weighted by Gasteiger charge is 2.19. The Kier molecular flexibility index (Phi) is 2.95. The van der Waals surface area contributed by atoms with Crippen molar-refractivity contribution in [1.82, 2.24) is 4.90 Å². The van der Waals surface area contributed by atoms with E-state index in [1.54, 1.807) is 0 Å². The van der Waals surface area contributed by atoms with Crippen LogP contribution in [0.5, 0.6) is 0 Å². The van der Waals surface area contributed by atoms with Gasteiger partial charge >= 0.3 is 0 Å². The molecule has 2 heteroatoms. The van der Waals surface area contributed by atoms with Gasteiger partial charge in [0.15, 0.2) is 0 Å². The lowest BCUT2D eigenvalue weighted by Gasteiger charge is -2.11. The van der Waals surface area contributed by atoms with Crippen molar-refractivity contribution in [3.63, 3.8) is 0 Å². The Balaban J connectivity index is 2.22. The first kappa shape index (κ1) is 8.11. The summed E-state index contributed by atoms with van der Waals surface area (Å²) < 4.78 is 0. The predicted molar refractivity (Wildman–Crippen MR) is 43.6 cm³/mol. The summed E-state index contributed by atoms with van der Waals surface area (Å²) >= 11 is 0. The second-order valence-corrected chi connectivity index (χ2v) is 2.86. The molecule has 1 aliphatic heterocycles. The lowest BCUT2D eigenvalue weighted by molar-refractivity contribution is 0.341. The molecule has 0 bridgehead atoms. The summed E-state index contributed by atoms with van der Waals surface area (Å²) in [5.74, 6) is 3.17. The SMILES string of the molecule is C#C[C@H]1CCN(CCC#N)C1. The van der Waals surface area contributed by atoms with Crippen molar-refractivity contribution >= 4 is 0 Å². The summed E-state index contributed by atoms with van der Waals surface area (Å²) in [6.45, 7) is 2.93. The van der Waals surface area contributed by atoms with Gasteiger partial charge in [-0.2, -0.15) is 5.26 Å². The van der Waals surface area contributed by atoms with Crippen molar-refractivity contribution in [2.45, 2.75) is 12.8 Å². The van der Waals surface area contributed by atoms with Crippen LogP contribution < -0.4 is 0 Å². The summed E-state index contributed by atoms with van der Waals surface area (Å²) in [5, 5.41) is 8.33. The zero-order valence-corrected chi connectivity index (χ0v) is 6.58. The molecule has 0 N–H and O–H groups in total. The lowest BCUT2D eigenvalue weighted by Crippen LogP contribution is -2.21. The standard InChI is InChI=1S/C9H12N2/c1-2-9-4-7-11(8-9)6-3-5-10/h1,9H,3-4,6-8H2/t9-/m0/s1. The van der Waals surface area contributed by atoms with Crippen LogP contribution in [0, 0.1) is 29.6 Å². The van der Waals surface area contributed by atoms with Crippen LogP contribution >= 0.6 is 0 Å². The normalized spacial score (nSPS) is 24.4. The lowest BCUT2D eigenvalue weighted by atomic mass is 10.1. The first-order valence-corrected chi connectivity index (χ1v) is 3.92. The van der Waals surface area contributed by atoms with Crippen LogP contribution in [-0.4, -0.2) is 24.5 Å². The maximum atomic E-state index is 8.33. The monoisotopic (exact) mass is 148 g/mol. The van der Waals surface area contributed by atoms with Crippen LogP contribution in [0.3, 0.4) is 0 Å². The molecule has 58 valence electrons. The number of nitriles is 1. The van der Waals surface area contributed by atoms with E-state index in [0.29, 0.717) is 12.3 Å². The molecule has 1 saturated heterocycles. The van der Waals surface area contributed by atoms with E-state index in [1.807, 2.05) is 0 Å². The predicted octanol–water partition coefficient (Wildman–Crippen LogP) is 0.855. The minimum Gasteiger partial charge on any atom is -0.301 e. The van der Waals surface area contributed by atoms with Crippen LogP contribution in [0.1, 0.15) is 12.8 Å². The number of hydrogen-bond acceptors (Lipinski definition) is 2. The molecule has 0 aromatic rings. The van der Waals surface area contributed by atoms with E-state index in [1.165, 1.54) is 0 Å². The Hall–Kier alpha value is -0.990. The summed E-state index contributed by atoms with van der Waals surface area (Å²) in [6, 6.07) is 2.13. The molecule has 1 aliphatic rings. The molecule has 0 saturated carbocycles. The maximum absolute atomic E-state index is 8.33. The van der Waals surface area contributed by atoms with Gasteiger partial charge < -0.3 is 4.90 Å². The van der Waals surface area contributed by atoms with E-state index >= 15 is 0 Å². The summed E-state index contributed by atoms with van der Waals surface area (Å²) in [5.41, 5.74) is 0. The van der Waals surface area contributed by atoms with Gasteiger partial charge in [-0.1, -0.05) is 0 Å². The van der Waals surface area contributed by atoms with E-state index in [-0.39, 0.29) is 0 Å². The molecule has 0 aromatic heterocycles. The molecule has 2 nitrogen and oxygen atoms in total. The largest absolute Gasteiger partial charge is 0.301 e. The summed E-state index contributed by atoms with van der Waals surface area (Å²) in [6.07, 6.45) is 7.00. The Bertz CT molecular complexity index is 197. The van der Waals surface area contributed by atoms with E-state index in [2.05, 4.69) is 16.9 Å². The second kappa shape index (κ2) is 4.01. The van der Waals surface area contributed by atoms with Gasteiger partial charge in [-0.15, -0.1) is 12.3 Å². The van der Waals surface area contributed by atoms with Crippen molar-refractivity contribution in [3.8, 4) is 18.4 Å². The molecule has 0 amide bonds. The van der Waals surface area contributed by atoms with Crippen molar-refractivity contribution in [3.05, 3.63) is 0 Å². The zero-order chi connectivity index (χ0) is 8.10. The van der Waals surface area contributed by atoms with Gasteiger partial charge in [0.2, 0.25) is 0 Å². The zero-order valence-electron chi connectivity index (χ0n) is 6.58. The second-order valence-electron chi connectivity index (χ2n) is 2.86. The highest BCUT2D eigenvalue weighted by Crippen LogP contribution is 2.14. The van der Waals surface area contributed by atoms with E-state index in [0.717, 1.165) is 26.1 Å². The number of nitrogens with zero attached hydrogens (tertiary/aromatic N) is 2. The van der Waals surface area contributed by atoms with Crippen LogP contribution in [0.15, 0.2) is 0 Å². The quantitative estimate of drug-likeness (QED) is 0.543. The average Bonchev–Trinajstić information content (AvgIpc) is 2.48. The third-order valence-electron chi connectivity index (χ3n) is 2.05. The summed E-state index contributed by atoms with van der Waals surface area (Å²) in [4.78, 5) is 2.26. The van der Waals surface area contributed by atoms with E-state index < -0.39 is 0 Å². The Morgan fingerprint density at radius 1 is 1.64 bits per heavy atom. The summed E-state index contributed by atoms with van der Waals surface area (Å²) in [7, 11) is 0. The van der Waals surface area contributed by atoms with Gasteiger partial charge in [-0.25, -0.2) is 0 Å². The minimum absolute atomic E-state index is 0.425. The minimum atomic E-state index is 0.425. The number of likely N-dealkylation sites (tertiary alicyclic amines) is 1. The van der Waals surface area contributed by atoms with Gasteiger partial charge in [-0.05, 0) is 13.0 Å². The van der Waals surface area contributed by atoms with E-state index in [9.17, 15) is 0 Å². The Morgan fingerprint density at radius 2 is 2.45 bits per heavy atom. The fourth-order valence-corrected chi connectivity index (χ4v) is 1.38. The first-order valence-electron chi connectivity index (χ1n) is 3.92. The molecule has 0 unspecified atom stereocenters. The van der Waals surface area contributed by atoms with Crippen LogP contribution in [0.2, 0.25) is 0 Å². The van der Waals surface area contributed by atoms with Gasteiger partial charge in [0.25, 0.3) is 0 Å². The van der Waals surface area contributed by atoms with Crippen molar-refractivity contribution < 1.29 is 0 Å². The molecule has 1 rings (SSSR count).